The number of piperazine rings is 1. The summed E-state index contributed by atoms with van der Waals surface area (Å²) < 4.78 is 46.7. The highest BCUT2D eigenvalue weighted by molar-refractivity contribution is 9.10. The zero-order chi connectivity index (χ0) is 18.0. The van der Waals surface area contributed by atoms with Gasteiger partial charge in [0.15, 0.2) is 0 Å². The van der Waals surface area contributed by atoms with Gasteiger partial charge in [-0.25, -0.2) is 0 Å². The molecule has 2 fully saturated rings. The smallest absolute Gasteiger partial charge is 0.416 e. The predicted octanol–water partition coefficient (Wildman–Crippen LogP) is 3.55. The average molecular weight is 423 g/mol. The van der Waals surface area contributed by atoms with Crippen molar-refractivity contribution in [3.63, 3.8) is 0 Å². The molecule has 2 N–H and O–H groups in total. The van der Waals surface area contributed by atoms with E-state index < -0.39 is 17.8 Å². The lowest BCUT2D eigenvalue weighted by Gasteiger charge is -2.42. The van der Waals surface area contributed by atoms with Gasteiger partial charge in [-0.1, -0.05) is 0 Å². The van der Waals surface area contributed by atoms with Crippen LogP contribution in [0.4, 0.5) is 13.2 Å². The number of aromatic hydroxyl groups is 1. The lowest BCUT2D eigenvalue weighted by Crippen LogP contribution is -2.48. The Morgan fingerprint density at radius 2 is 1.84 bits per heavy atom. The molecule has 4 nitrogen and oxygen atoms in total. The van der Waals surface area contributed by atoms with Crippen LogP contribution in [0.15, 0.2) is 16.6 Å². The van der Waals surface area contributed by atoms with Crippen molar-refractivity contribution in [1.82, 2.24) is 10.2 Å². The Bertz CT molecular complexity index is 582. The second-order valence-corrected chi connectivity index (χ2v) is 7.39. The fourth-order valence-electron chi connectivity index (χ4n) is 3.84. The normalized spacial score (nSPS) is 22.1. The number of halogens is 4. The molecule has 0 saturated carbocycles. The van der Waals surface area contributed by atoms with E-state index in [2.05, 4.69) is 26.1 Å². The number of benzene rings is 1. The molecule has 2 aliphatic heterocycles. The molecule has 0 spiro atoms. The quantitative estimate of drug-likeness (QED) is 0.781. The van der Waals surface area contributed by atoms with E-state index in [1.54, 1.807) is 0 Å². The summed E-state index contributed by atoms with van der Waals surface area (Å²) in [7, 11) is 0. The molecule has 2 heterocycles. The number of nitrogens with one attached hydrogen (secondary N) is 1. The molecule has 0 aromatic heterocycles. The first-order valence-electron chi connectivity index (χ1n) is 8.50. The van der Waals surface area contributed by atoms with Gasteiger partial charge in [0, 0.05) is 51.0 Å². The molecule has 0 aliphatic carbocycles. The van der Waals surface area contributed by atoms with Crippen LogP contribution in [0.1, 0.15) is 30.0 Å². The van der Waals surface area contributed by atoms with E-state index in [-0.39, 0.29) is 17.2 Å². The second-order valence-electron chi connectivity index (χ2n) is 6.54. The van der Waals surface area contributed by atoms with Gasteiger partial charge in [0.25, 0.3) is 0 Å². The summed E-state index contributed by atoms with van der Waals surface area (Å²) in [6.45, 7) is 3.87. The Hall–Kier alpha value is -0.830. The van der Waals surface area contributed by atoms with E-state index in [0.29, 0.717) is 43.6 Å². The van der Waals surface area contributed by atoms with E-state index in [9.17, 15) is 18.3 Å². The highest BCUT2D eigenvalue weighted by atomic mass is 79.9. The second kappa shape index (κ2) is 7.82. The number of phenols is 1. The molecular weight excluding hydrogens is 401 g/mol. The van der Waals surface area contributed by atoms with Crippen LogP contribution >= 0.6 is 15.9 Å². The molecule has 1 aromatic carbocycles. The van der Waals surface area contributed by atoms with Gasteiger partial charge < -0.3 is 15.2 Å². The van der Waals surface area contributed by atoms with Crippen molar-refractivity contribution in [2.45, 2.75) is 25.1 Å². The molecule has 140 valence electrons. The molecular formula is C17H22BrF3N2O2. The highest BCUT2D eigenvalue weighted by Crippen LogP contribution is 2.47. The number of rotatable bonds is 3. The van der Waals surface area contributed by atoms with Gasteiger partial charge in [0.2, 0.25) is 0 Å². The summed E-state index contributed by atoms with van der Waals surface area (Å²) in [5, 5.41) is 13.8. The van der Waals surface area contributed by atoms with Gasteiger partial charge in [-0.05, 0) is 46.8 Å². The maximum atomic E-state index is 13.7. The molecule has 1 atom stereocenters. The first-order chi connectivity index (χ1) is 11.9. The summed E-state index contributed by atoms with van der Waals surface area (Å²) in [5.41, 5.74) is -0.751. The molecule has 2 aliphatic rings. The fourth-order valence-corrected chi connectivity index (χ4v) is 4.18. The number of hydrogen-bond donors (Lipinski definition) is 2. The molecule has 3 rings (SSSR count). The first kappa shape index (κ1) is 18.9. The van der Waals surface area contributed by atoms with Gasteiger partial charge in [-0.15, -0.1) is 0 Å². The zero-order valence-electron chi connectivity index (χ0n) is 13.8. The van der Waals surface area contributed by atoms with E-state index in [0.717, 1.165) is 19.2 Å². The molecule has 0 unspecified atom stereocenters. The first-order valence-corrected chi connectivity index (χ1v) is 9.30. The van der Waals surface area contributed by atoms with Crippen LogP contribution in [-0.4, -0.2) is 49.4 Å². The topological polar surface area (TPSA) is 44.7 Å². The SMILES string of the molecule is Oc1c(Br)ccc(C(F)(F)F)c1[C@H](C1CCOCC1)N1CCNCC1. The lowest BCUT2D eigenvalue weighted by molar-refractivity contribution is -0.139. The van der Waals surface area contributed by atoms with Crippen LogP contribution in [0.2, 0.25) is 0 Å². The van der Waals surface area contributed by atoms with E-state index in [1.165, 1.54) is 6.07 Å². The average Bonchev–Trinajstić information content (AvgIpc) is 2.60. The third-order valence-electron chi connectivity index (χ3n) is 5.03. The van der Waals surface area contributed by atoms with Crippen molar-refractivity contribution in [3.05, 3.63) is 27.7 Å². The van der Waals surface area contributed by atoms with Crippen LogP contribution in [0.25, 0.3) is 0 Å². The molecule has 25 heavy (non-hydrogen) atoms. The summed E-state index contributed by atoms with van der Waals surface area (Å²) in [6.07, 6.45) is -3.12. The third-order valence-corrected chi connectivity index (χ3v) is 5.67. The molecule has 0 amide bonds. The van der Waals surface area contributed by atoms with E-state index in [1.807, 2.05) is 0 Å². The number of hydrogen-bond acceptors (Lipinski definition) is 4. The molecule has 1 aromatic rings. The van der Waals surface area contributed by atoms with Crippen molar-refractivity contribution in [2.24, 2.45) is 5.92 Å². The van der Waals surface area contributed by atoms with E-state index >= 15 is 0 Å². The minimum atomic E-state index is -4.51. The van der Waals surface area contributed by atoms with Crippen LogP contribution in [0, 0.1) is 5.92 Å². The Kier molecular flexibility index (Phi) is 5.92. The standard InChI is InChI=1S/C17H22BrF3N2O2/c18-13-2-1-12(17(19,20)21)14(16(13)24)15(11-3-9-25-10-4-11)23-7-5-22-6-8-23/h1-2,11,15,22,24H,3-10H2/t15-/m0/s1. The summed E-state index contributed by atoms with van der Waals surface area (Å²) in [5.74, 6) is -0.280. The molecule has 0 radical (unpaired) electrons. The lowest BCUT2D eigenvalue weighted by atomic mass is 9.83. The molecule has 2 saturated heterocycles. The zero-order valence-corrected chi connectivity index (χ0v) is 15.4. The van der Waals surface area contributed by atoms with E-state index in [4.69, 9.17) is 4.74 Å². The van der Waals surface area contributed by atoms with Crippen LogP contribution in [-0.2, 0) is 10.9 Å². The minimum Gasteiger partial charge on any atom is -0.506 e. The van der Waals surface area contributed by atoms with Crippen LogP contribution in [0.5, 0.6) is 5.75 Å². The number of ether oxygens (including phenoxy) is 1. The highest BCUT2D eigenvalue weighted by Gasteiger charge is 2.42. The monoisotopic (exact) mass is 422 g/mol. The third kappa shape index (κ3) is 4.13. The van der Waals surface area contributed by atoms with Crippen molar-refractivity contribution < 1.29 is 23.0 Å². The van der Waals surface area contributed by atoms with Crippen LogP contribution in [0.3, 0.4) is 0 Å². The van der Waals surface area contributed by atoms with Gasteiger partial charge in [-0.3, -0.25) is 4.90 Å². The Labute approximate surface area is 153 Å². The van der Waals surface area contributed by atoms with Gasteiger partial charge in [-0.2, -0.15) is 13.2 Å². The summed E-state index contributed by atoms with van der Waals surface area (Å²) in [4.78, 5) is 2.07. The van der Waals surface area contributed by atoms with Crippen molar-refractivity contribution in [2.75, 3.05) is 39.4 Å². The van der Waals surface area contributed by atoms with Crippen molar-refractivity contribution in [1.29, 1.82) is 0 Å². The van der Waals surface area contributed by atoms with Crippen molar-refractivity contribution >= 4 is 15.9 Å². The number of alkyl halides is 3. The molecule has 8 heteroatoms. The van der Waals surface area contributed by atoms with Gasteiger partial charge in [0.1, 0.15) is 5.75 Å². The summed E-state index contributed by atoms with van der Waals surface area (Å²) in [6, 6.07) is 1.86. The predicted molar refractivity (Wildman–Crippen MR) is 91.5 cm³/mol. The maximum Gasteiger partial charge on any atom is 0.416 e. The maximum absolute atomic E-state index is 13.7. The summed E-state index contributed by atoms with van der Waals surface area (Å²) >= 11 is 3.19. The number of nitrogens with zero attached hydrogens (tertiary/aromatic N) is 1. The van der Waals surface area contributed by atoms with Crippen LogP contribution < -0.4 is 5.32 Å². The Balaban J connectivity index is 2.09. The minimum absolute atomic E-state index is 0.00400. The van der Waals surface area contributed by atoms with Gasteiger partial charge >= 0.3 is 6.18 Å². The Morgan fingerprint density at radius 1 is 1.20 bits per heavy atom. The largest absolute Gasteiger partial charge is 0.506 e. The van der Waals surface area contributed by atoms with Crippen molar-refractivity contribution in [3.8, 4) is 5.75 Å². The fraction of sp³-hybridized carbons (Fsp3) is 0.647. The van der Waals surface area contributed by atoms with Gasteiger partial charge in [0.05, 0.1) is 10.0 Å². The molecule has 0 bridgehead atoms. The number of phenolic OH excluding ortho intramolecular Hbond substituents is 1. The Morgan fingerprint density at radius 3 is 2.44 bits per heavy atom.